The molecule has 0 unspecified atom stereocenters. The summed E-state index contributed by atoms with van der Waals surface area (Å²) >= 11 is 5.98. The van der Waals surface area contributed by atoms with Crippen LogP contribution in [0.5, 0.6) is 0 Å². The summed E-state index contributed by atoms with van der Waals surface area (Å²) in [5, 5.41) is 4.38. The molecular weight excluding hydrogens is 441 g/mol. The second-order valence-corrected chi connectivity index (χ2v) is 7.50. The molecule has 0 aliphatic heterocycles. The Morgan fingerprint density at radius 1 is 1.07 bits per heavy atom. The molecule has 1 N–H and O–H groups in total. The normalized spacial score (nSPS) is 15.1. The van der Waals surface area contributed by atoms with E-state index in [1.165, 1.54) is 12.1 Å². The summed E-state index contributed by atoms with van der Waals surface area (Å²) in [7, 11) is -2.61. The molecule has 1 fully saturated rings. The maximum absolute atomic E-state index is 13.5. The Bertz CT molecular complexity index is 968. The number of hydrogen-bond acceptors (Lipinski definition) is 5. The smallest absolute Gasteiger partial charge is 0.392 e. The highest BCUT2D eigenvalue weighted by Crippen LogP contribution is 2.35. The van der Waals surface area contributed by atoms with Gasteiger partial charge in [0, 0.05) is 16.1 Å². The molecule has 3 rings (SSSR count). The van der Waals surface area contributed by atoms with E-state index in [2.05, 4.69) is 5.16 Å². The first-order valence-corrected chi connectivity index (χ1v) is 10.6. The van der Waals surface area contributed by atoms with Gasteiger partial charge in [-0.3, -0.25) is 0 Å². The van der Waals surface area contributed by atoms with Crippen molar-refractivity contribution in [3.05, 3.63) is 70.2 Å². The second kappa shape index (κ2) is 11.1. The summed E-state index contributed by atoms with van der Waals surface area (Å²) < 4.78 is 63.4. The molecule has 1 aliphatic rings. The highest BCUT2D eigenvalue weighted by molar-refractivity contribution is 7.60. The number of oxime groups is 1. The average molecular weight is 461 g/mol. The molecule has 1 aliphatic carbocycles. The van der Waals surface area contributed by atoms with Crippen LogP contribution in [0.2, 0.25) is 5.02 Å². The molecule has 162 valence electrons. The number of nitrogens with zero attached hydrogens (tertiary/aromatic N) is 1. The van der Waals surface area contributed by atoms with E-state index in [0.29, 0.717) is 5.56 Å². The van der Waals surface area contributed by atoms with Gasteiger partial charge in [-0.05, 0) is 43.9 Å². The third-order valence-electron chi connectivity index (χ3n) is 4.43. The molecule has 0 atom stereocenters. The topological polar surface area (TPSA) is 79.6 Å². The molecule has 5 nitrogen and oxygen atoms in total. The standard InChI is InChI=1S/C20H19ClF3NO.HNO2S/c21-15-11-12-18(20(22,23)24)17(13-15)19(14-7-3-1-4-8-14)25-26-16-9-5-2-6-10-16;1-4(2)3/h1,3-4,7-8,11-13,16H,2,5-6,9-10H2;1H/b25-19+;. The lowest BCUT2D eigenvalue weighted by Crippen LogP contribution is -2.18. The molecule has 0 aromatic heterocycles. The maximum atomic E-state index is 13.5. The number of halogens is 4. The van der Waals surface area contributed by atoms with Gasteiger partial charge in [0.1, 0.15) is 11.8 Å². The van der Waals surface area contributed by atoms with Crippen molar-refractivity contribution in [3.63, 3.8) is 0 Å². The highest BCUT2D eigenvalue weighted by atomic mass is 35.5. The van der Waals surface area contributed by atoms with Gasteiger partial charge in [-0.15, -0.1) is 0 Å². The zero-order valence-corrected chi connectivity index (χ0v) is 17.4. The first kappa shape index (κ1) is 23.9. The Morgan fingerprint density at radius 2 is 1.67 bits per heavy atom. The van der Waals surface area contributed by atoms with E-state index in [-0.39, 0.29) is 22.4 Å². The zero-order valence-electron chi connectivity index (χ0n) is 15.8. The van der Waals surface area contributed by atoms with E-state index in [1.54, 1.807) is 30.3 Å². The Kier molecular flexibility index (Phi) is 8.86. The summed E-state index contributed by atoms with van der Waals surface area (Å²) in [5.74, 6) is 0. The van der Waals surface area contributed by atoms with Crippen LogP contribution in [0.25, 0.3) is 0 Å². The van der Waals surface area contributed by atoms with Crippen LogP contribution in [-0.4, -0.2) is 20.2 Å². The fraction of sp³-hybridized carbons (Fsp3) is 0.350. The van der Waals surface area contributed by atoms with E-state index in [4.69, 9.17) is 29.6 Å². The molecule has 0 heterocycles. The quantitative estimate of drug-likeness (QED) is 0.443. The Morgan fingerprint density at radius 3 is 2.23 bits per heavy atom. The van der Waals surface area contributed by atoms with E-state index in [0.717, 1.165) is 38.2 Å². The second-order valence-electron chi connectivity index (χ2n) is 6.59. The minimum atomic E-state index is -4.51. The van der Waals surface area contributed by atoms with Crippen LogP contribution in [0.15, 0.2) is 53.7 Å². The third kappa shape index (κ3) is 7.46. The minimum absolute atomic E-state index is 0.0593. The average Bonchev–Trinajstić information content (AvgIpc) is 2.68. The van der Waals surface area contributed by atoms with E-state index in [9.17, 15) is 13.2 Å². The van der Waals surface area contributed by atoms with Gasteiger partial charge in [-0.25, -0.2) is 0 Å². The van der Waals surface area contributed by atoms with E-state index in [1.807, 2.05) is 0 Å². The molecule has 0 spiro atoms. The lowest BCUT2D eigenvalue weighted by molar-refractivity contribution is -0.137. The summed E-state index contributed by atoms with van der Waals surface area (Å²) in [6.07, 6.45) is 0.413. The number of rotatable bonds is 4. The Labute approximate surface area is 179 Å². The molecule has 2 aromatic rings. The molecule has 0 radical (unpaired) electrons. The monoisotopic (exact) mass is 460 g/mol. The molecule has 0 amide bonds. The summed E-state index contributed by atoms with van der Waals surface area (Å²) in [5.41, 5.74) is -0.161. The van der Waals surface area contributed by atoms with Gasteiger partial charge in [0.25, 0.3) is 0 Å². The van der Waals surface area contributed by atoms with Crippen LogP contribution in [0, 0.1) is 4.78 Å². The van der Waals surface area contributed by atoms with Crippen LogP contribution in [0.4, 0.5) is 13.2 Å². The highest BCUT2D eigenvalue weighted by Gasteiger charge is 2.35. The van der Waals surface area contributed by atoms with Crippen molar-refractivity contribution < 1.29 is 26.4 Å². The van der Waals surface area contributed by atoms with Gasteiger partial charge in [0.15, 0.2) is 0 Å². The van der Waals surface area contributed by atoms with Crippen LogP contribution in [0.1, 0.15) is 48.8 Å². The number of hydrogen-bond donors (Lipinski definition) is 1. The molecular formula is C20H20ClF3N2O3S. The van der Waals surface area contributed by atoms with Crippen molar-refractivity contribution in [1.82, 2.24) is 0 Å². The van der Waals surface area contributed by atoms with Gasteiger partial charge in [0.2, 0.25) is 0 Å². The van der Waals surface area contributed by atoms with Crippen LogP contribution in [0.3, 0.4) is 0 Å². The van der Waals surface area contributed by atoms with Crippen molar-refractivity contribution in [1.29, 1.82) is 4.78 Å². The van der Waals surface area contributed by atoms with E-state index >= 15 is 0 Å². The predicted molar refractivity (Wildman–Crippen MR) is 108 cm³/mol. The number of alkyl halides is 3. The number of benzene rings is 2. The van der Waals surface area contributed by atoms with Gasteiger partial charge in [-0.2, -0.15) is 26.4 Å². The molecule has 0 bridgehead atoms. The zero-order chi connectivity index (χ0) is 22.1. The Hall–Kier alpha value is -2.39. The van der Waals surface area contributed by atoms with Crippen molar-refractivity contribution in [3.8, 4) is 0 Å². The molecule has 1 saturated carbocycles. The van der Waals surface area contributed by atoms with Gasteiger partial charge in [0.05, 0.1) is 5.56 Å². The predicted octanol–water partition coefficient (Wildman–Crippen LogP) is 6.09. The molecule has 2 aromatic carbocycles. The fourth-order valence-corrected chi connectivity index (χ4v) is 3.28. The van der Waals surface area contributed by atoms with Gasteiger partial charge >= 0.3 is 16.7 Å². The van der Waals surface area contributed by atoms with Crippen molar-refractivity contribution in [2.24, 2.45) is 5.16 Å². The lowest BCUT2D eigenvalue weighted by Gasteiger charge is -2.21. The first-order chi connectivity index (χ1) is 14.2. The Balaban J connectivity index is 0.000000735. The molecule has 0 saturated heterocycles. The molecule has 30 heavy (non-hydrogen) atoms. The lowest BCUT2D eigenvalue weighted by atomic mass is 9.97. The summed E-state index contributed by atoms with van der Waals surface area (Å²) in [6.45, 7) is 0. The maximum Gasteiger partial charge on any atom is 0.417 e. The SMILES string of the molecule is FC(F)(F)c1ccc(Cl)cc1/C(=N/OC1CCCCC1)c1ccccc1.N=S(=O)=O. The molecule has 10 heteroatoms. The summed E-state index contributed by atoms with van der Waals surface area (Å²) in [4.78, 5) is 5.64. The van der Waals surface area contributed by atoms with Crippen molar-refractivity contribution >= 4 is 27.8 Å². The largest absolute Gasteiger partial charge is 0.417 e. The van der Waals surface area contributed by atoms with Crippen molar-refractivity contribution in [2.75, 3.05) is 0 Å². The van der Waals surface area contributed by atoms with Crippen LogP contribution >= 0.6 is 11.6 Å². The number of nitrogens with one attached hydrogen (secondary N) is 1. The van der Waals surface area contributed by atoms with Gasteiger partial charge in [-0.1, -0.05) is 53.5 Å². The van der Waals surface area contributed by atoms with E-state index < -0.39 is 22.2 Å². The third-order valence-corrected chi connectivity index (χ3v) is 4.67. The van der Waals surface area contributed by atoms with Crippen molar-refractivity contribution in [2.45, 2.75) is 44.4 Å². The summed E-state index contributed by atoms with van der Waals surface area (Å²) in [6, 6.07) is 12.2. The fourth-order valence-electron chi connectivity index (χ4n) is 3.11. The van der Waals surface area contributed by atoms with Gasteiger partial charge < -0.3 is 4.84 Å². The first-order valence-electron chi connectivity index (χ1n) is 9.15. The van der Waals surface area contributed by atoms with Crippen LogP contribution < -0.4 is 0 Å². The minimum Gasteiger partial charge on any atom is -0.392 e. The van der Waals surface area contributed by atoms with Crippen LogP contribution in [-0.2, 0) is 21.5 Å².